The van der Waals surface area contributed by atoms with E-state index in [1.165, 1.54) is 42.9 Å². The Morgan fingerprint density at radius 2 is 1.88 bits per heavy atom. The fraction of sp³-hybridized carbons (Fsp3) is 0.814. The third kappa shape index (κ3) is 9.60. The van der Waals surface area contributed by atoms with Crippen LogP contribution in [0.3, 0.4) is 0 Å². The minimum absolute atomic E-state index is 0.00969. The molecule has 58 heavy (non-hydrogen) atoms. The number of carboxylic acids is 1. The van der Waals surface area contributed by atoms with Crippen LogP contribution in [-0.4, -0.2) is 130 Å². The Morgan fingerprint density at radius 3 is 2.60 bits per heavy atom. The number of aliphatic hydroxyl groups is 4. The number of carbonyl (C=O) groups excluding carboxylic acids is 1. The summed E-state index contributed by atoms with van der Waals surface area (Å²) < 4.78 is 25.1. The van der Waals surface area contributed by atoms with E-state index >= 15 is 0 Å². The zero-order valence-electron chi connectivity index (χ0n) is 33.7. The number of aldehydes is 1. The van der Waals surface area contributed by atoms with E-state index in [1.54, 1.807) is 17.3 Å². The minimum Gasteiger partial charge on any atom is -0.479 e. The number of hydrogen-bond acceptors (Lipinski definition) is 14. The number of rotatable bonds is 10. The third-order valence-corrected chi connectivity index (χ3v) is 16.7. The summed E-state index contributed by atoms with van der Waals surface area (Å²) in [5.41, 5.74) is -3.64. The molecule has 0 bridgehead atoms. The van der Waals surface area contributed by atoms with Gasteiger partial charge in [-0.25, -0.2) is 4.79 Å². The lowest BCUT2D eigenvalue weighted by Gasteiger charge is -2.55. The summed E-state index contributed by atoms with van der Waals surface area (Å²) in [7, 11) is 2.90. The molecule has 0 aromatic rings. The number of β-amino-alcohol motifs (C(OH)–C–C–N with tert-alkyl or cyclic N) is 1. The number of aliphatic imine (C=N–C) groups is 1. The predicted molar refractivity (Wildman–Crippen MR) is 222 cm³/mol. The molecule has 6 fully saturated rings. The lowest BCUT2D eigenvalue weighted by Crippen LogP contribution is -2.79. The Kier molecular flexibility index (Phi) is 15.5. The SMILES string of the molecule is CC(CC=CC1CCCCC1)C1CNCC2(O)C(OC3CCC4C(C3)OCC(C3CCC(O)CC3)C4O)OC(C(=O)O)C(O)C2(C=O)OCSSCC1C1=C[CH+]N=C1. The van der Waals surface area contributed by atoms with Gasteiger partial charge in [0.25, 0.3) is 0 Å². The molecule has 4 aliphatic heterocycles. The first kappa shape index (κ1) is 44.6. The normalized spacial score (nSPS) is 43.8. The van der Waals surface area contributed by atoms with E-state index in [0.29, 0.717) is 44.6 Å². The van der Waals surface area contributed by atoms with Gasteiger partial charge in [-0.2, -0.15) is 0 Å². The van der Waals surface area contributed by atoms with Crippen molar-refractivity contribution in [3.8, 4) is 0 Å². The topological polar surface area (TPSA) is 197 Å². The molecule has 324 valence electrons. The molecule has 3 saturated carbocycles. The molecule has 0 aromatic heterocycles. The highest BCUT2D eigenvalue weighted by Gasteiger charge is 2.69. The van der Waals surface area contributed by atoms with Crippen LogP contribution in [0, 0.1) is 48.0 Å². The second kappa shape index (κ2) is 20.1. The number of aliphatic carboxylic acids is 1. The molecule has 6 N–H and O–H groups in total. The number of ether oxygens (including phenoxy) is 4. The van der Waals surface area contributed by atoms with Crippen molar-refractivity contribution in [1.82, 2.24) is 5.32 Å². The van der Waals surface area contributed by atoms with Crippen molar-refractivity contribution >= 4 is 40.1 Å². The second-order valence-electron chi connectivity index (χ2n) is 18.0. The van der Waals surface area contributed by atoms with E-state index in [9.17, 15) is 35.1 Å². The molecular formula is C43H65N2O11S2+. The molecule has 13 atom stereocenters. The van der Waals surface area contributed by atoms with Crippen molar-refractivity contribution in [3.63, 3.8) is 0 Å². The Bertz CT molecular complexity index is 1470. The van der Waals surface area contributed by atoms with Crippen LogP contribution in [0.5, 0.6) is 0 Å². The summed E-state index contributed by atoms with van der Waals surface area (Å²) in [6.45, 7) is 4.59. The minimum atomic E-state index is -2.41. The van der Waals surface area contributed by atoms with Gasteiger partial charge in [-0.3, -0.25) is 4.79 Å². The first-order valence-electron chi connectivity index (χ1n) is 21.7. The lowest BCUT2D eigenvalue weighted by atomic mass is 9.69. The van der Waals surface area contributed by atoms with Crippen molar-refractivity contribution in [1.29, 1.82) is 0 Å². The number of fused-ring (bicyclic) bond motifs is 2. The molecular weight excluding hydrogens is 785 g/mol. The molecule has 13 nitrogen and oxygen atoms in total. The molecule has 7 rings (SSSR count). The number of allylic oxidation sites excluding steroid dienone is 3. The van der Waals surface area contributed by atoms with Gasteiger partial charge in [-0.05, 0) is 81.5 Å². The van der Waals surface area contributed by atoms with Crippen molar-refractivity contribution in [2.24, 2.45) is 46.4 Å². The van der Waals surface area contributed by atoms with E-state index in [-0.39, 0.29) is 60.2 Å². The Labute approximate surface area is 350 Å². The van der Waals surface area contributed by atoms with E-state index in [0.717, 1.165) is 43.4 Å². The molecule has 0 spiro atoms. The van der Waals surface area contributed by atoms with Crippen molar-refractivity contribution in [2.45, 2.75) is 145 Å². The fourth-order valence-electron chi connectivity index (χ4n) is 11.0. The number of carbonyl (C=O) groups is 2. The quantitative estimate of drug-likeness (QED) is 0.0780. The van der Waals surface area contributed by atoms with E-state index < -0.39 is 47.9 Å². The highest BCUT2D eigenvalue weighted by molar-refractivity contribution is 8.76. The average molecular weight is 850 g/mol. The number of hydrogen-bond donors (Lipinski definition) is 6. The summed E-state index contributed by atoms with van der Waals surface area (Å²) in [6, 6.07) is 0. The molecule has 15 heteroatoms. The molecule has 0 radical (unpaired) electrons. The van der Waals surface area contributed by atoms with Gasteiger partial charge in [0, 0.05) is 37.1 Å². The summed E-state index contributed by atoms with van der Waals surface area (Å²) in [5, 5.41) is 59.8. The summed E-state index contributed by atoms with van der Waals surface area (Å²) in [6.07, 6.45) is 13.4. The van der Waals surface area contributed by atoms with Gasteiger partial charge < -0.3 is 49.8 Å². The zero-order valence-corrected chi connectivity index (χ0v) is 35.4. The Morgan fingerprint density at radius 1 is 1.09 bits per heavy atom. The molecule has 0 amide bonds. The fourth-order valence-corrected chi connectivity index (χ4v) is 13.0. The van der Waals surface area contributed by atoms with Crippen LogP contribution in [0.1, 0.15) is 90.4 Å². The average Bonchev–Trinajstić information content (AvgIpc) is 3.76. The van der Waals surface area contributed by atoms with Crippen LogP contribution in [0.2, 0.25) is 0 Å². The summed E-state index contributed by atoms with van der Waals surface area (Å²) in [4.78, 5) is 30.3. The van der Waals surface area contributed by atoms with Crippen LogP contribution in [0.4, 0.5) is 0 Å². The number of aliphatic hydroxyl groups excluding tert-OH is 3. The largest absolute Gasteiger partial charge is 0.479 e. The van der Waals surface area contributed by atoms with Crippen molar-refractivity contribution in [2.75, 3.05) is 31.4 Å². The van der Waals surface area contributed by atoms with E-state index in [2.05, 4.69) is 29.4 Å². The van der Waals surface area contributed by atoms with Crippen LogP contribution in [-0.2, 0) is 28.5 Å². The molecule has 3 aliphatic carbocycles. The number of nitrogens with one attached hydrogen (secondary N) is 1. The first-order valence-corrected chi connectivity index (χ1v) is 24.2. The Balaban J connectivity index is 1.10. The highest BCUT2D eigenvalue weighted by Crippen LogP contribution is 2.47. The maximum atomic E-state index is 13.3. The van der Waals surface area contributed by atoms with Gasteiger partial charge in [0.1, 0.15) is 24.2 Å². The van der Waals surface area contributed by atoms with Gasteiger partial charge in [0.05, 0.1) is 43.0 Å². The van der Waals surface area contributed by atoms with Gasteiger partial charge in [0.15, 0.2) is 36.1 Å². The summed E-state index contributed by atoms with van der Waals surface area (Å²) in [5.74, 6) is 0.274. The van der Waals surface area contributed by atoms with Gasteiger partial charge in [-0.15, -0.1) is 4.99 Å². The van der Waals surface area contributed by atoms with Gasteiger partial charge in [0.2, 0.25) is 0 Å². The van der Waals surface area contributed by atoms with Crippen LogP contribution in [0.25, 0.3) is 0 Å². The maximum absolute atomic E-state index is 13.3. The maximum Gasteiger partial charge on any atom is 0.335 e. The number of nitrogens with zero attached hydrogens (tertiary/aromatic N) is 1. The molecule has 7 aliphatic rings. The second-order valence-corrected chi connectivity index (χ2v) is 20.5. The van der Waals surface area contributed by atoms with Gasteiger partial charge >= 0.3 is 5.97 Å². The smallest absolute Gasteiger partial charge is 0.335 e. The molecule has 4 heterocycles. The van der Waals surface area contributed by atoms with E-state index in [1.807, 2.05) is 12.3 Å². The standard InChI is InChI=1S/C43H64N2O11S2/c1-26(6-5-9-27-7-3-2-4-8-27)33-20-45-23-42(52)41(55-31-14-15-32-36(18-31)53-21-34(37(32)48)28-10-12-30(47)13-11-28)56-38(40(50)51)39(49)43(42,24-46)54-25-58-57-22-35(33)29-16-17-44-19-29/h5,9,16-17,19,24,26-28,30-39,41,45,47-49,52H,2-4,6-8,10-15,18,20-23,25H2,1H3/p+1. The predicted octanol–water partition coefficient (Wildman–Crippen LogP) is 4.46. The third-order valence-electron chi connectivity index (χ3n) is 14.6. The van der Waals surface area contributed by atoms with Crippen LogP contribution < -0.4 is 5.32 Å². The highest BCUT2D eigenvalue weighted by atomic mass is 33.1. The van der Waals surface area contributed by atoms with Gasteiger partial charge in [-0.1, -0.05) is 59.9 Å². The molecule has 0 aromatic carbocycles. The first-order chi connectivity index (χ1) is 28.0. The lowest BCUT2D eigenvalue weighted by molar-refractivity contribution is -0.367. The van der Waals surface area contributed by atoms with E-state index in [4.69, 9.17) is 18.9 Å². The summed E-state index contributed by atoms with van der Waals surface area (Å²) >= 11 is 0. The van der Waals surface area contributed by atoms with Crippen molar-refractivity contribution < 1.29 is 54.1 Å². The number of carboxylic acid groups (broad SMARTS) is 1. The molecule has 3 saturated heterocycles. The molecule has 13 unspecified atom stereocenters. The monoisotopic (exact) mass is 849 g/mol. The zero-order chi connectivity index (χ0) is 40.9. The van der Waals surface area contributed by atoms with Crippen LogP contribution in [0.15, 0.2) is 28.8 Å². The Hall–Kier alpha value is -1.50. The van der Waals surface area contributed by atoms with Crippen LogP contribution >= 0.6 is 21.6 Å². The van der Waals surface area contributed by atoms with Crippen molar-refractivity contribution in [3.05, 3.63) is 30.3 Å².